The Labute approximate surface area is 125 Å². The van der Waals surface area contributed by atoms with Crippen molar-refractivity contribution in [2.24, 2.45) is 11.7 Å². The highest BCUT2D eigenvalue weighted by atomic mass is 32.1. The van der Waals surface area contributed by atoms with Crippen LogP contribution in [-0.4, -0.2) is 17.6 Å². The number of Topliss-reactive ketones (excluding diaryl/α,β-unsaturated/α-hetero) is 1. The van der Waals surface area contributed by atoms with Crippen LogP contribution in [0.1, 0.15) is 78.1 Å². The molecule has 0 saturated carbocycles. The van der Waals surface area contributed by atoms with Crippen molar-refractivity contribution in [3.63, 3.8) is 0 Å². The Morgan fingerprint density at radius 3 is 2.32 bits per heavy atom. The van der Waals surface area contributed by atoms with Gasteiger partial charge in [-0.3, -0.25) is 4.79 Å². The summed E-state index contributed by atoms with van der Waals surface area (Å²) in [6.45, 7) is 5.14. The Balaban J connectivity index is 3.47. The quantitative estimate of drug-likeness (QED) is 0.390. The van der Waals surface area contributed by atoms with Crippen LogP contribution >= 0.6 is 12.6 Å². The first-order valence-electron chi connectivity index (χ1n) is 8.01. The average Bonchev–Trinajstić information content (AvgIpc) is 2.38. The van der Waals surface area contributed by atoms with Gasteiger partial charge in [-0.15, -0.1) is 0 Å². The van der Waals surface area contributed by atoms with Gasteiger partial charge in [-0.25, -0.2) is 0 Å². The van der Waals surface area contributed by atoms with Gasteiger partial charge in [0, 0.05) is 18.1 Å². The van der Waals surface area contributed by atoms with Crippen molar-refractivity contribution in [3.05, 3.63) is 0 Å². The third-order valence-electron chi connectivity index (χ3n) is 3.79. The van der Waals surface area contributed by atoms with Crippen molar-refractivity contribution in [3.8, 4) is 0 Å². The summed E-state index contributed by atoms with van der Waals surface area (Å²) in [5, 5.41) is 0.390. The molecule has 114 valence electrons. The van der Waals surface area contributed by atoms with Crippen molar-refractivity contribution >= 4 is 18.4 Å². The second-order valence-electron chi connectivity index (χ2n) is 5.72. The van der Waals surface area contributed by atoms with Gasteiger partial charge in [0.25, 0.3) is 0 Å². The highest BCUT2D eigenvalue weighted by Crippen LogP contribution is 2.19. The molecule has 0 amide bonds. The van der Waals surface area contributed by atoms with Gasteiger partial charge in [-0.2, -0.15) is 12.6 Å². The molecule has 2 atom stereocenters. The average molecular weight is 288 g/mol. The number of carbonyl (C=O) groups is 1. The summed E-state index contributed by atoms with van der Waals surface area (Å²) in [5.41, 5.74) is 5.55. The van der Waals surface area contributed by atoms with Crippen molar-refractivity contribution in [1.82, 2.24) is 0 Å². The molecule has 0 radical (unpaired) electrons. The van der Waals surface area contributed by atoms with Crippen LogP contribution in [0.15, 0.2) is 0 Å². The Morgan fingerprint density at radius 2 is 1.68 bits per heavy atom. The summed E-state index contributed by atoms with van der Waals surface area (Å²) < 4.78 is 0. The maximum Gasteiger partial charge on any atom is 0.132 e. The zero-order valence-corrected chi connectivity index (χ0v) is 13.8. The molecule has 3 heteroatoms. The molecule has 0 aromatic rings. The van der Waals surface area contributed by atoms with E-state index in [1.807, 2.05) is 0 Å². The fourth-order valence-electron chi connectivity index (χ4n) is 2.30. The zero-order chi connectivity index (χ0) is 14.5. The minimum atomic E-state index is 0.390. The molecule has 2 nitrogen and oxygen atoms in total. The first kappa shape index (κ1) is 19.0. The monoisotopic (exact) mass is 287 g/mol. The smallest absolute Gasteiger partial charge is 0.132 e. The van der Waals surface area contributed by atoms with E-state index in [1.165, 1.54) is 25.7 Å². The second kappa shape index (κ2) is 13.0. The summed E-state index contributed by atoms with van der Waals surface area (Å²) in [7, 11) is 0. The van der Waals surface area contributed by atoms with E-state index >= 15 is 0 Å². The molecule has 19 heavy (non-hydrogen) atoms. The Bertz CT molecular complexity index is 221. The van der Waals surface area contributed by atoms with Crippen LogP contribution in [0.3, 0.4) is 0 Å². The molecule has 0 aromatic heterocycles. The number of hydrogen-bond donors (Lipinski definition) is 2. The summed E-state index contributed by atoms with van der Waals surface area (Å²) >= 11 is 4.60. The number of unbranched alkanes of at least 4 members (excludes halogenated alkanes) is 4. The fraction of sp³-hybridized carbons (Fsp3) is 0.938. The number of nitrogens with two attached hydrogens (primary N) is 1. The standard InChI is InChI=1S/C16H33NOS/c1-3-4-5-6-7-9-15(18)10-8-11-16(19)14(2)12-13-17/h14,16,19H,3-13,17H2,1-2H3/t14-,16?/m1/s1. The minimum Gasteiger partial charge on any atom is -0.330 e. The van der Waals surface area contributed by atoms with E-state index in [1.54, 1.807) is 0 Å². The lowest BCUT2D eigenvalue weighted by atomic mass is 9.98. The molecule has 0 fully saturated rings. The number of hydrogen-bond acceptors (Lipinski definition) is 3. The van der Waals surface area contributed by atoms with Gasteiger partial charge in [0.2, 0.25) is 0 Å². The molecule has 0 aliphatic heterocycles. The van der Waals surface area contributed by atoms with Crippen LogP contribution in [0.5, 0.6) is 0 Å². The van der Waals surface area contributed by atoms with E-state index in [9.17, 15) is 4.79 Å². The zero-order valence-electron chi connectivity index (χ0n) is 12.9. The highest BCUT2D eigenvalue weighted by molar-refractivity contribution is 7.81. The Morgan fingerprint density at radius 1 is 1.05 bits per heavy atom. The molecule has 0 saturated heterocycles. The van der Waals surface area contributed by atoms with Crippen LogP contribution in [0.4, 0.5) is 0 Å². The Hall–Kier alpha value is -0.0200. The molecule has 0 rings (SSSR count). The van der Waals surface area contributed by atoms with Crippen LogP contribution in [0.2, 0.25) is 0 Å². The minimum absolute atomic E-state index is 0.390. The van der Waals surface area contributed by atoms with E-state index in [-0.39, 0.29) is 0 Å². The van der Waals surface area contributed by atoms with Crippen molar-refractivity contribution in [2.75, 3.05) is 6.54 Å². The predicted molar refractivity (Wildman–Crippen MR) is 87.8 cm³/mol. The largest absolute Gasteiger partial charge is 0.330 e. The molecule has 0 heterocycles. The third kappa shape index (κ3) is 11.5. The highest BCUT2D eigenvalue weighted by Gasteiger charge is 2.12. The molecule has 0 spiro atoms. The lowest BCUT2D eigenvalue weighted by Gasteiger charge is -2.17. The molecule has 2 N–H and O–H groups in total. The van der Waals surface area contributed by atoms with Gasteiger partial charge in [0.05, 0.1) is 0 Å². The molecular weight excluding hydrogens is 254 g/mol. The van der Waals surface area contributed by atoms with Gasteiger partial charge in [-0.1, -0.05) is 39.5 Å². The van der Waals surface area contributed by atoms with Crippen LogP contribution in [0.25, 0.3) is 0 Å². The number of thiol groups is 1. The van der Waals surface area contributed by atoms with Crippen LogP contribution in [-0.2, 0) is 4.79 Å². The summed E-state index contributed by atoms with van der Waals surface area (Å²) in [4.78, 5) is 11.7. The van der Waals surface area contributed by atoms with E-state index in [2.05, 4.69) is 26.5 Å². The molecule has 0 bridgehead atoms. The van der Waals surface area contributed by atoms with E-state index in [4.69, 9.17) is 5.73 Å². The summed E-state index contributed by atoms with van der Waals surface area (Å²) in [5.74, 6) is 0.987. The molecule has 0 aromatic carbocycles. The Kier molecular flexibility index (Phi) is 13.0. The SMILES string of the molecule is CCCCCCCC(=O)CCCC(S)[C@H](C)CCN. The second-order valence-corrected chi connectivity index (χ2v) is 6.38. The van der Waals surface area contributed by atoms with E-state index in [0.717, 1.165) is 45.1 Å². The van der Waals surface area contributed by atoms with Gasteiger partial charge in [-0.05, 0) is 38.1 Å². The van der Waals surface area contributed by atoms with Crippen molar-refractivity contribution in [1.29, 1.82) is 0 Å². The van der Waals surface area contributed by atoms with Gasteiger partial charge >= 0.3 is 0 Å². The lowest BCUT2D eigenvalue weighted by Crippen LogP contribution is -2.16. The normalized spacial score (nSPS) is 14.3. The van der Waals surface area contributed by atoms with Gasteiger partial charge in [0.1, 0.15) is 5.78 Å². The van der Waals surface area contributed by atoms with E-state index < -0.39 is 0 Å². The first-order valence-corrected chi connectivity index (χ1v) is 8.53. The summed E-state index contributed by atoms with van der Waals surface area (Å²) in [6.07, 6.45) is 10.7. The molecule has 0 aliphatic rings. The van der Waals surface area contributed by atoms with Gasteiger partial charge < -0.3 is 5.73 Å². The number of ketones is 1. The third-order valence-corrected chi connectivity index (χ3v) is 4.56. The van der Waals surface area contributed by atoms with Crippen molar-refractivity contribution in [2.45, 2.75) is 83.3 Å². The maximum atomic E-state index is 11.7. The number of rotatable bonds is 13. The molecule has 0 aliphatic carbocycles. The van der Waals surface area contributed by atoms with Crippen molar-refractivity contribution < 1.29 is 4.79 Å². The van der Waals surface area contributed by atoms with Crippen LogP contribution < -0.4 is 5.73 Å². The molecule has 1 unspecified atom stereocenters. The first-order chi connectivity index (χ1) is 9.11. The van der Waals surface area contributed by atoms with Crippen LogP contribution in [0, 0.1) is 5.92 Å². The topological polar surface area (TPSA) is 43.1 Å². The lowest BCUT2D eigenvalue weighted by molar-refractivity contribution is -0.119. The van der Waals surface area contributed by atoms with E-state index in [0.29, 0.717) is 17.0 Å². The van der Waals surface area contributed by atoms with Gasteiger partial charge in [0.15, 0.2) is 0 Å². The maximum absolute atomic E-state index is 11.7. The fourth-order valence-corrected chi connectivity index (χ4v) is 2.63. The summed E-state index contributed by atoms with van der Waals surface area (Å²) in [6, 6.07) is 0. The predicted octanol–water partition coefficient (Wildman–Crippen LogP) is 4.37. The number of carbonyl (C=O) groups excluding carboxylic acids is 1. The molecular formula is C16H33NOS.